The van der Waals surface area contributed by atoms with Crippen LogP contribution in [0, 0.1) is 13.8 Å². The van der Waals surface area contributed by atoms with E-state index in [1.807, 2.05) is 44.2 Å². The van der Waals surface area contributed by atoms with E-state index >= 15 is 0 Å². The standard InChI is InChI=1S/C25H24N2O4S/c1-17-7-10-20(11-8-17)32(29,30)27-16-24(31-23-12-9-18(2)15-22(23)27)25(28)26-14-13-19-5-3-4-6-21(19)26/h3-12,15,24H,13-14,16H2,1-2H3/t24-/m0/s1. The van der Waals surface area contributed by atoms with Crippen molar-refractivity contribution in [2.75, 3.05) is 22.3 Å². The van der Waals surface area contributed by atoms with Crippen LogP contribution in [0.3, 0.4) is 0 Å². The first-order valence-corrected chi connectivity index (χ1v) is 12.0. The highest BCUT2D eigenvalue weighted by Gasteiger charge is 2.40. The Bertz CT molecular complexity index is 1300. The van der Waals surface area contributed by atoms with Crippen LogP contribution in [-0.2, 0) is 21.2 Å². The zero-order valence-electron chi connectivity index (χ0n) is 18.0. The summed E-state index contributed by atoms with van der Waals surface area (Å²) in [6.07, 6.45) is -0.160. The van der Waals surface area contributed by atoms with Crippen molar-refractivity contribution >= 4 is 27.3 Å². The molecule has 0 aromatic heterocycles. The zero-order chi connectivity index (χ0) is 22.5. The van der Waals surface area contributed by atoms with Crippen LogP contribution in [0.1, 0.15) is 16.7 Å². The lowest BCUT2D eigenvalue weighted by Gasteiger charge is -2.36. The summed E-state index contributed by atoms with van der Waals surface area (Å²) in [4.78, 5) is 15.4. The van der Waals surface area contributed by atoms with Gasteiger partial charge in [0.2, 0.25) is 0 Å². The lowest BCUT2D eigenvalue weighted by atomic mass is 10.1. The van der Waals surface area contributed by atoms with Crippen LogP contribution in [0.25, 0.3) is 0 Å². The number of carbonyl (C=O) groups is 1. The quantitative estimate of drug-likeness (QED) is 0.611. The number of sulfonamides is 1. The van der Waals surface area contributed by atoms with Gasteiger partial charge in [0.25, 0.3) is 15.9 Å². The Balaban J connectivity index is 1.54. The monoisotopic (exact) mass is 448 g/mol. The molecule has 1 atom stereocenters. The highest BCUT2D eigenvalue weighted by atomic mass is 32.2. The Morgan fingerprint density at radius 3 is 2.44 bits per heavy atom. The van der Waals surface area contributed by atoms with E-state index in [4.69, 9.17) is 4.74 Å². The molecule has 0 spiro atoms. The smallest absolute Gasteiger partial charge is 0.269 e. The average Bonchev–Trinajstić information content (AvgIpc) is 3.22. The SMILES string of the molecule is Cc1ccc(S(=O)(=O)N2C[C@@H](C(=O)N3CCc4ccccc43)Oc3ccc(C)cc32)cc1. The molecule has 2 aliphatic heterocycles. The Morgan fingerprint density at radius 1 is 0.938 bits per heavy atom. The zero-order valence-corrected chi connectivity index (χ0v) is 18.8. The van der Waals surface area contributed by atoms with Crippen LogP contribution in [-0.4, -0.2) is 33.5 Å². The van der Waals surface area contributed by atoms with E-state index in [1.165, 1.54) is 4.31 Å². The molecule has 32 heavy (non-hydrogen) atoms. The van der Waals surface area contributed by atoms with Crippen LogP contribution in [0.2, 0.25) is 0 Å². The van der Waals surface area contributed by atoms with Gasteiger partial charge in [-0.2, -0.15) is 0 Å². The summed E-state index contributed by atoms with van der Waals surface area (Å²) in [5, 5.41) is 0. The molecule has 0 bridgehead atoms. The van der Waals surface area contributed by atoms with Crippen molar-refractivity contribution in [2.45, 2.75) is 31.3 Å². The number of para-hydroxylation sites is 1. The van der Waals surface area contributed by atoms with Crippen molar-refractivity contribution in [2.24, 2.45) is 0 Å². The Labute approximate surface area is 188 Å². The van der Waals surface area contributed by atoms with Gasteiger partial charge < -0.3 is 9.64 Å². The van der Waals surface area contributed by atoms with E-state index in [9.17, 15) is 13.2 Å². The van der Waals surface area contributed by atoms with Crippen molar-refractivity contribution in [3.05, 3.63) is 83.4 Å². The number of amides is 1. The predicted molar refractivity (Wildman–Crippen MR) is 124 cm³/mol. The number of anilines is 2. The second-order valence-corrected chi connectivity index (χ2v) is 10.2. The fraction of sp³-hybridized carbons (Fsp3) is 0.240. The van der Waals surface area contributed by atoms with Crippen LogP contribution in [0.15, 0.2) is 71.6 Å². The summed E-state index contributed by atoms with van der Waals surface area (Å²) >= 11 is 0. The first-order chi connectivity index (χ1) is 15.3. The van der Waals surface area contributed by atoms with Gasteiger partial charge in [-0.1, -0.05) is 42.0 Å². The van der Waals surface area contributed by atoms with Gasteiger partial charge in [-0.3, -0.25) is 9.10 Å². The van der Waals surface area contributed by atoms with E-state index in [1.54, 1.807) is 41.3 Å². The third-order valence-electron chi connectivity index (χ3n) is 6.02. The number of hydrogen-bond acceptors (Lipinski definition) is 4. The number of hydrogen-bond donors (Lipinski definition) is 0. The third-order valence-corrected chi connectivity index (χ3v) is 7.82. The fourth-order valence-corrected chi connectivity index (χ4v) is 5.76. The summed E-state index contributed by atoms with van der Waals surface area (Å²) in [6.45, 7) is 4.29. The predicted octanol–water partition coefficient (Wildman–Crippen LogP) is 3.85. The lowest BCUT2D eigenvalue weighted by molar-refractivity contribution is -0.125. The average molecular weight is 449 g/mol. The molecule has 0 radical (unpaired) electrons. The van der Waals surface area contributed by atoms with Gasteiger partial charge in [-0.25, -0.2) is 8.42 Å². The van der Waals surface area contributed by atoms with Crippen molar-refractivity contribution < 1.29 is 17.9 Å². The molecule has 0 saturated carbocycles. The van der Waals surface area contributed by atoms with Gasteiger partial charge in [0.15, 0.2) is 6.10 Å². The third kappa shape index (κ3) is 3.42. The van der Waals surface area contributed by atoms with Crippen LogP contribution in [0.4, 0.5) is 11.4 Å². The molecule has 2 heterocycles. The largest absolute Gasteiger partial charge is 0.476 e. The maximum atomic E-state index is 13.6. The second kappa shape index (κ2) is 7.67. The molecule has 0 saturated heterocycles. The molecule has 0 N–H and O–H groups in total. The van der Waals surface area contributed by atoms with Crippen LogP contribution >= 0.6 is 0 Å². The highest BCUT2D eigenvalue weighted by Crippen LogP contribution is 2.39. The molecule has 2 aliphatic rings. The number of ether oxygens (including phenoxy) is 1. The Kier molecular flexibility index (Phi) is 4.93. The Hall–Kier alpha value is -3.32. The minimum absolute atomic E-state index is 0.0792. The molecule has 164 valence electrons. The van der Waals surface area contributed by atoms with Crippen LogP contribution in [0.5, 0.6) is 5.75 Å². The molecular formula is C25H24N2O4S. The molecule has 1 amide bonds. The molecule has 6 nitrogen and oxygen atoms in total. The van der Waals surface area contributed by atoms with Crippen molar-refractivity contribution in [1.29, 1.82) is 0 Å². The molecule has 3 aromatic carbocycles. The number of carbonyl (C=O) groups excluding carboxylic acids is 1. The summed E-state index contributed by atoms with van der Waals surface area (Å²) in [5.41, 5.74) is 4.31. The van der Waals surface area contributed by atoms with E-state index < -0.39 is 16.1 Å². The van der Waals surface area contributed by atoms with E-state index in [2.05, 4.69) is 0 Å². The van der Waals surface area contributed by atoms with Gasteiger partial charge in [-0.15, -0.1) is 0 Å². The van der Waals surface area contributed by atoms with E-state index in [-0.39, 0.29) is 17.3 Å². The number of fused-ring (bicyclic) bond motifs is 2. The van der Waals surface area contributed by atoms with Gasteiger partial charge in [0.05, 0.1) is 17.1 Å². The summed E-state index contributed by atoms with van der Waals surface area (Å²) < 4.78 is 34.6. The maximum absolute atomic E-state index is 13.6. The maximum Gasteiger partial charge on any atom is 0.269 e. The summed E-state index contributed by atoms with van der Waals surface area (Å²) in [5.74, 6) is 0.161. The fourth-order valence-electron chi connectivity index (χ4n) is 4.30. The van der Waals surface area contributed by atoms with Gasteiger partial charge in [-0.05, 0) is 61.7 Å². The lowest BCUT2D eigenvalue weighted by Crippen LogP contribution is -2.51. The molecular weight excluding hydrogens is 424 g/mol. The summed E-state index contributed by atoms with van der Waals surface area (Å²) in [7, 11) is -3.88. The first-order valence-electron chi connectivity index (χ1n) is 10.6. The molecule has 0 unspecified atom stereocenters. The van der Waals surface area contributed by atoms with Crippen molar-refractivity contribution in [3.63, 3.8) is 0 Å². The summed E-state index contributed by atoms with van der Waals surface area (Å²) in [6, 6.07) is 19.9. The van der Waals surface area contributed by atoms with E-state index in [0.717, 1.165) is 28.8 Å². The van der Waals surface area contributed by atoms with Gasteiger partial charge in [0, 0.05) is 12.2 Å². The molecule has 5 rings (SSSR count). The molecule has 3 aromatic rings. The van der Waals surface area contributed by atoms with Gasteiger partial charge >= 0.3 is 0 Å². The minimum atomic E-state index is -3.88. The second-order valence-electron chi connectivity index (χ2n) is 8.30. The number of rotatable bonds is 3. The number of aryl methyl sites for hydroxylation is 2. The molecule has 0 fully saturated rings. The van der Waals surface area contributed by atoms with Gasteiger partial charge in [0.1, 0.15) is 5.75 Å². The highest BCUT2D eigenvalue weighted by molar-refractivity contribution is 7.92. The first kappa shape index (κ1) is 20.6. The van der Waals surface area contributed by atoms with Crippen molar-refractivity contribution in [1.82, 2.24) is 0 Å². The van der Waals surface area contributed by atoms with Crippen LogP contribution < -0.4 is 13.9 Å². The molecule has 0 aliphatic carbocycles. The van der Waals surface area contributed by atoms with Crippen molar-refractivity contribution in [3.8, 4) is 5.75 Å². The van der Waals surface area contributed by atoms with E-state index in [0.29, 0.717) is 18.0 Å². The molecule has 7 heteroatoms. The normalized spacial score (nSPS) is 17.5. The number of benzene rings is 3. The topological polar surface area (TPSA) is 66.9 Å². The number of nitrogens with zero attached hydrogens (tertiary/aromatic N) is 2. The minimum Gasteiger partial charge on any atom is -0.476 e. The Morgan fingerprint density at radius 2 is 1.66 bits per heavy atom.